The number of rotatable bonds is 10. The molecule has 19 heavy (non-hydrogen) atoms. The lowest BCUT2D eigenvalue weighted by atomic mass is 10.2. The van der Waals surface area contributed by atoms with Crippen molar-refractivity contribution in [3.8, 4) is 5.75 Å². The van der Waals surface area contributed by atoms with Gasteiger partial charge in [-0.05, 0) is 56.7 Å². The number of halogens is 1. The normalized spacial score (nSPS) is 10.9. The molecule has 108 valence electrons. The average Bonchev–Trinajstić information content (AvgIpc) is 2.44. The van der Waals surface area contributed by atoms with E-state index in [9.17, 15) is 4.39 Å². The van der Waals surface area contributed by atoms with Crippen molar-refractivity contribution in [1.82, 2.24) is 4.90 Å². The van der Waals surface area contributed by atoms with Crippen LogP contribution in [-0.4, -0.2) is 31.1 Å². The molecule has 1 rings (SSSR count). The second kappa shape index (κ2) is 9.79. The lowest BCUT2D eigenvalue weighted by Crippen LogP contribution is -2.23. The predicted molar refractivity (Wildman–Crippen MR) is 78.2 cm³/mol. The summed E-state index contributed by atoms with van der Waals surface area (Å²) in [6, 6.07) is 6.21. The molecule has 0 saturated carbocycles. The minimum atomic E-state index is -0.219. The Kier molecular flexibility index (Phi) is 8.23. The van der Waals surface area contributed by atoms with Crippen LogP contribution in [-0.2, 0) is 0 Å². The molecule has 1 aromatic rings. The van der Waals surface area contributed by atoms with Crippen LogP contribution in [0.2, 0.25) is 0 Å². The maximum Gasteiger partial charge on any atom is 0.123 e. The molecule has 0 aliphatic carbocycles. The van der Waals surface area contributed by atoms with Crippen LogP contribution in [0.5, 0.6) is 5.75 Å². The van der Waals surface area contributed by atoms with Gasteiger partial charge in [0.2, 0.25) is 0 Å². The Hall–Kier alpha value is -1.09. The molecule has 0 aromatic heterocycles. The molecule has 0 heterocycles. The van der Waals surface area contributed by atoms with Crippen LogP contribution in [0.3, 0.4) is 0 Å². The minimum absolute atomic E-state index is 0.219. The van der Waals surface area contributed by atoms with E-state index in [2.05, 4.69) is 18.7 Å². The summed E-state index contributed by atoms with van der Waals surface area (Å²) >= 11 is 0. The van der Waals surface area contributed by atoms with Crippen molar-refractivity contribution < 1.29 is 9.13 Å². The highest BCUT2D eigenvalue weighted by Gasteiger charge is 1.98. The highest BCUT2D eigenvalue weighted by molar-refractivity contribution is 5.21. The number of nitrogens with zero attached hydrogens (tertiary/aromatic N) is 1. The number of ether oxygens (including phenoxy) is 1. The third-order valence-corrected chi connectivity index (χ3v) is 3.35. The Labute approximate surface area is 116 Å². The second-order valence-electron chi connectivity index (χ2n) is 4.74. The van der Waals surface area contributed by atoms with Crippen LogP contribution < -0.4 is 4.74 Å². The van der Waals surface area contributed by atoms with Crippen LogP contribution in [0.4, 0.5) is 4.39 Å². The first-order valence-electron chi connectivity index (χ1n) is 7.37. The number of benzene rings is 1. The Morgan fingerprint density at radius 3 is 2.21 bits per heavy atom. The van der Waals surface area contributed by atoms with E-state index in [4.69, 9.17) is 4.74 Å². The zero-order chi connectivity index (χ0) is 13.9. The summed E-state index contributed by atoms with van der Waals surface area (Å²) in [6.45, 7) is 8.62. The number of unbranched alkanes of at least 4 members (excludes halogenated alkanes) is 3. The van der Waals surface area contributed by atoms with E-state index >= 15 is 0 Å². The molecule has 0 saturated heterocycles. The first-order chi connectivity index (χ1) is 9.26. The van der Waals surface area contributed by atoms with E-state index in [0.29, 0.717) is 0 Å². The van der Waals surface area contributed by atoms with Gasteiger partial charge in [0.15, 0.2) is 0 Å². The first-order valence-corrected chi connectivity index (χ1v) is 7.37. The zero-order valence-electron chi connectivity index (χ0n) is 12.2. The molecule has 0 unspecified atom stereocenters. The van der Waals surface area contributed by atoms with Crippen molar-refractivity contribution >= 4 is 0 Å². The second-order valence-corrected chi connectivity index (χ2v) is 4.74. The molecular weight excluding hydrogens is 241 g/mol. The van der Waals surface area contributed by atoms with Gasteiger partial charge in [-0.3, -0.25) is 0 Å². The van der Waals surface area contributed by atoms with Gasteiger partial charge in [0.05, 0.1) is 6.61 Å². The molecule has 1 aromatic carbocycles. The van der Waals surface area contributed by atoms with Crippen molar-refractivity contribution in [1.29, 1.82) is 0 Å². The minimum Gasteiger partial charge on any atom is -0.494 e. The Morgan fingerprint density at radius 1 is 0.947 bits per heavy atom. The van der Waals surface area contributed by atoms with Crippen molar-refractivity contribution in [2.24, 2.45) is 0 Å². The molecule has 3 heteroatoms. The fourth-order valence-corrected chi connectivity index (χ4v) is 2.05. The maximum atomic E-state index is 12.7. The van der Waals surface area contributed by atoms with Gasteiger partial charge >= 0.3 is 0 Å². The van der Waals surface area contributed by atoms with Gasteiger partial charge in [0.1, 0.15) is 11.6 Å². The van der Waals surface area contributed by atoms with E-state index < -0.39 is 0 Å². The fraction of sp³-hybridized carbons (Fsp3) is 0.625. The molecule has 0 aliphatic heterocycles. The molecule has 0 fully saturated rings. The lowest BCUT2D eigenvalue weighted by molar-refractivity contribution is 0.284. The quantitative estimate of drug-likeness (QED) is 0.592. The van der Waals surface area contributed by atoms with Crippen molar-refractivity contribution in [3.05, 3.63) is 30.1 Å². The third kappa shape index (κ3) is 7.16. The summed E-state index contributed by atoms with van der Waals surface area (Å²) < 4.78 is 18.2. The van der Waals surface area contributed by atoms with Gasteiger partial charge < -0.3 is 9.64 Å². The monoisotopic (exact) mass is 267 g/mol. The van der Waals surface area contributed by atoms with Crippen LogP contribution in [0.25, 0.3) is 0 Å². The van der Waals surface area contributed by atoms with Crippen molar-refractivity contribution in [2.75, 3.05) is 26.2 Å². The first kappa shape index (κ1) is 16.0. The summed E-state index contributed by atoms with van der Waals surface area (Å²) in [5, 5.41) is 0. The van der Waals surface area contributed by atoms with E-state index in [0.717, 1.165) is 31.9 Å². The molecule has 0 N–H and O–H groups in total. The summed E-state index contributed by atoms with van der Waals surface area (Å²) in [4.78, 5) is 2.45. The summed E-state index contributed by atoms with van der Waals surface area (Å²) in [6.07, 6.45) is 4.78. The Bertz CT molecular complexity index is 322. The van der Waals surface area contributed by atoms with Crippen LogP contribution in [0, 0.1) is 5.82 Å². The topological polar surface area (TPSA) is 12.5 Å². The highest BCUT2D eigenvalue weighted by atomic mass is 19.1. The number of hydrogen-bond acceptors (Lipinski definition) is 2. The van der Waals surface area contributed by atoms with E-state index in [1.807, 2.05) is 0 Å². The average molecular weight is 267 g/mol. The SMILES string of the molecule is CCN(CC)CCCCCCOc1ccc(F)cc1. The maximum absolute atomic E-state index is 12.7. The van der Waals surface area contributed by atoms with E-state index in [-0.39, 0.29) is 5.82 Å². The smallest absolute Gasteiger partial charge is 0.123 e. The Morgan fingerprint density at radius 2 is 1.58 bits per heavy atom. The molecule has 0 amide bonds. The van der Waals surface area contributed by atoms with Crippen molar-refractivity contribution in [3.63, 3.8) is 0 Å². The van der Waals surface area contributed by atoms with Crippen LogP contribution >= 0.6 is 0 Å². The summed E-state index contributed by atoms with van der Waals surface area (Å²) in [7, 11) is 0. The van der Waals surface area contributed by atoms with Gasteiger partial charge in [-0.25, -0.2) is 4.39 Å². The van der Waals surface area contributed by atoms with Gasteiger partial charge in [-0.1, -0.05) is 26.7 Å². The van der Waals surface area contributed by atoms with Crippen LogP contribution in [0.15, 0.2) is 24.3 Å². The number of hydrogen-bond donors (Lipinski definition) is 0. The Balaban J connectivity index is 1.98. The lowest BCUT2D eigenvalue weighted by Gasteiger charge is -2.17. The van der Waals surface area contributed by atoms with Gasteiger partial charge in [-0.15, -0.1) is 0 Å². The predicted octanol–water partition coefficient (Wildman–Crippen LogP) is 4.11. The molecular formula is C16H26FNO. The molecule has 0 bridgehead atoms. The molecule has 2 nitrogen and oxygen atoms in total. The fourth-order valence-electron chi connectivity index (χ4n) is 2.05. The summed E-state index contributed by atoms with van der Waals surface area (Å²) in [5.41, 5.74) is 0. The third-order valence-electron chi connectivity index (χ3n) is 3.35. The molecule has 0 radical (unpaired) electrons. The van der Waals surface area contributed by atoms with Gasteiger partial charge in [0.25, 0.3) is 0 Å². The molecule has 0 atom stereocenters. The summed E-state index contributed by atoms with van der Waals surface area (Å²) in [5.74, 6) is 0.535. The largest absolute Gasteiger partial charge is 0.494 e. The zero-order valence-corrected chi connectivity index (χ0v) is 12.2. The van der Waals surface area contributed by atoms with Crippen LogP contribution in [0.1, 0.15) is 39.5 Å². The van der Waals surface area contributed by atoms with Gasteiger partial charge in [0, 0.05) is 0 Å². The van der Waals surface area contributed by atoms with E-state index in [1.165, 1.54) is 37.9 Å². The highest BCUT2D eigenvalue weighted by Crippen LogP contribution is 2.12. The standard InChI is InChI=1S/C16H26FNO/c1-3-18(4-2)13-7-5-6-8-14-19-16-11-9-15(17)10-12-16/h9-12H,3-8,13-14H2,1-2H3. The van der Waals surface area contributed by atoms with Gasteiger partial charge in [-0.2, -0.15) is 0 Å². The van der Waals surface area contributed by atoms with E-state index in [1.54, 1.807) is 12.1 Å². The molecule has 0 spiro atoms. The van der Waals surface area contributed by atoms with Crippen molar-refractivity contribution in [2.45, 2.75) is 39.5 Å². The molecule has 0 aliphatic rings.